The molecule has 0 aromatic heterocycles. The number of nitrogens with one attached hydrogen (secondary N) is 1. The number of hydrogen-bond acceptors (Lipinski definition) is 1. The zero-order chi connectivity index (χ0) is 23.2. The van der Waals surface area contributed by atoms with E-state index in [0.29, 0.717) is 0 Å². The molecule has 1 N–H and O–H groups in total. The Morgan fingerprint density at radius 1 is 0.793 bits per heavy atom. The van der Waals surface area contributed by atoms with E-state index in [1.54, 1.807) is 0 Å². The fraction of sp³-hybridized carbons (Fsp3) is 0.462. The summed E-state index contributed by atoms with van der Waals surface area (Å²) in [6, 6.07) is 2.77. The summed E-state index contributed by atoms with van der Waals surface area (Å²) in [5.74, 6) is -40.5. The molecule has 0 radical (unpaired) electrons. The lowest BCUT2D eigenvalue weighted by Gasteiger charge is -2.38. The zero-order valence-corrected chi connectivity index (χ0v) is 14.5. The molecular weight excluding hydrogens is 485 g/mol. The van der Waals surface area contributed by atoms with Gasteiger partial charge in [0.15, 0.2) is 0 Å². The van der Waals surface area contributed by atoms with Gasteiger partial charge in [-0.2, -0.15) is 43.9 Å². The lowest BCUT2D eigenvalue weighted by molar-refractivity contribution is -0.406. The largest absolute Gasteiger partial charge is 0.393 e. The second-order valence-electron chi connectivity index (χ2n) is 5.27. The molecular formula is C13H5Cl2F12NO. The first-order chi connectivity index (χ1) is 12.8. The molecule has 0 aliphatic heterocycles. The molecule has 29 heavy (non-hydrogen) atoms. The third kappa shape index (κ3) is 3.80. The quantitative estimate of drug-likeness (QED) is 0.443. The number of benzene rings is 1. The van der Waals surface area contributed by atoms with Crippen LogP contribution in [0.25, 0.3) is 0 Å². The highest BCUT2D eigenvalue weighted by atomic mass is 35.5. The van der Waals surface area contributed by atoms with Crippen LogP contribution in [-0.2, 0) is 4.79 Å². The molecule has 0 spiro atoms. The Balaban J connectivity index is 3.42. The van der Waals surface area contributed by atoms with E-state index in [1.807, 2.05) is 0 Å². The molecule has 2 nitrogen and oxygen atoms in total. The number of carbonyl (C=O) groups excluding carboxylic acids is 1. The van der Waals surface area contributed by atoms with Gasteiger partial charge in [0.2, 0.25) is 0 Å². The van der Waals surface area contributed by atoms with E-state index in [-0.39, 0.29) is 0 Å². The van der Waals surface area contributed by atoms with Gasteiger partial charge in [0, 0.05) is 0 Å². The van der Waals surface area contributed by atoms with E-state index in [1.165, 1.54) is 0 Å². The van der Waals surface area contributed by atoms with Gasteiger partial charge >= 0.3 is 41.9 Å². The third-order valence-corrected chi connectivity index (χ3v) is 3.99. The van der Waals surface area contributed by atoms with Gasteiger partial charge in [0.1, 0.15) is 0 Å². The highest BCUT2D eigenvalue weighted by molar-refractivity contribution is 6.39. The number of amides is 1. The predicted molar refractivity (Wildman–Crippen MR) is 75.8 cm³/mol. The van der Waals surface area contributed by atoms with Crippen LogP contribution in [-0.4, -0.2) is 41.9 Å². The van der Waals surface area contributed by atoms with Crippen molar-refractivity contribution in [1.29, 1.82) is 0 Å². The molecule has 0 aliphatic carbocycles. The number of para-hydroxylation sites is 1. The van der Waals surface area contributed by atoms with Crippen molar-refractivity contribution >= 4 is 34.8 Å². The van der Waals surface area contributed by atoms with Gasteiger partial charge in [-0.25, -0.2) is 8.78 Å². The second-order valence-corrected chi connectivity index (χ2v) is 6.09. The van der Waals surface area contributed by atoms with Crippen molar-refractivity contribution in [2.75, 3.05) is 5.32 Å². The smallest absolute Gasteiger partial charge is 0.318 e. The van der Waals surface area contributed by atoms with Crippen LogP contribution in [0.4, 0.5) is 58.4 Å². The normalized spacial score (nSPS) is 14.3. The van der Waals surface area contributed by atoms with Crippen molar-refractivity contribution in [3.05, 3.63) is 28.2 Å². The van der Waals surface area contributed by atoms with Crippen molar-refractivity contribution in [1.82, 2.24) is 0 Å². The molecule has 16 heteroatoms. The third-order valence-electron chi connectivity index (χ3n) is 3.36. The molecule has 0 saturated carbocycles. The highest BCUT2D eigenvalue weighted by Crippen LogP contribution is 2.58. The maximum atomic E-state index is 13.7. The summed E-state index contributed by atoms with van der Waals surface area (Å²) in [4.78, 5) is 11.4. The molecule has 0 unspecified atom stereocenters. The molecule has 0 aliphatic rings. The van der Waals surface area contributed by atoms with Crippen LogP contribution < -0.4 is 5.32 Å². The van der Waals surface area contributed by atoms with Gasteiger partial charge in [-0.1, -0.05) is 29.3 Å². The first kappa shape index (κ1) is 25.5. The molecule has 0 fully saturated rings. The average Bonchev–Trinajstić information content (AvgIpc) is 2.57. The number of anilines is 1. The zero-order valence-electron chi connectivity index (χ0n) is 13.0. The average molecular weight is 490 g/mol. The highest BCUT2D eigenvalue weighted by Gasteiger charge is 2.89. The van der Waals surface area contributed by atoms with Gasteiger partial charge in [-0.3, -0.25) is 4.79 Å². The van der Waals surface area contributed by atoms with Crippen LogP contribution in [0, 0.1) is 0 Å². The Morgan fingerprint density at radius 2 is 1.21 bits per heavy atom. The Hall–Kier alpha value is -1.57. The lowest BCUT2D eigenvalue weighted by atomic mass is 9.94. The van der Waals surface area contributed by atoms with E-state index < -0.39 is 57.7 Å². The van der Waals surface area contributed by atoms with Crippen molar-refractivity contribution in [2.45, 2.75) is 36.0 Å². The Labute approximate surface area is 162 Å². The summed E-state index contributed by atoms with van der Waals surface area (Å²) < 4.78 is 157. The molecule has 0 atom stereocenters. The van der Waals surface area contributed by atoms with Crippen LogP contribution in [0.1, 0.15) is 0 Å². The minimum Gasteiger partial charge on any atom is -0.318 e. The summed E-state index contributed by atoms with van der Waals surface area (Å²) in [5, 5.41) is -0.514. The molecule has 0 bridgehead atoms. The molecule has 166 valence electrons. The number of alkyl halides is 12. The topological polar surface area (TPSA) is 29.1 Å². The summed E-state index contributed by atoms with van der Waals surface area (Å²) >= 11 is 10.8. The SMILES string of the molecule is O=C(Nc1c(Cl)cccc1Cl)C(F)(F)C(F)(F)C(F)(F)C(F)(F)C(F)(F)C(F)F. The molecule has 0 heterocycles. The molecule has 1 aromatic carbocycles. The fourth-order valence-corrected chi connectivity index (χ4v) is 2.18. The van der Waals surface area contributed by atoms with Crippen molar-refractivity contribution in [3.8, 4) is 0 Å². The summed E-state index contributed by atoms with van der Waals surface area (Å²) in [6.45, 7) is 0. The molecule has 1 amide bonds. The first-order valence-corrected chi connectivity index (χ1v) is 7.45. The summed E-state index contributed by atoms with van der Waals surface area (Å²) in [6.07, 6.45) is -5.64. The number of halogens is 14. The minimum atomic E-state index is -7.81. The molecule has 1 aromatic rings. The second kappa shape index (κ2) is 7.60. The maximum absolute atomic E-state index is 13.7. The van der Waals surface area contributed by atoms with Crippen LogP contribution in [0.2, 0.25) is 10.0 Å². The maximum Gasteiger partial charge on any atom is 0.393 e. The van der Waals surface area contributed by atoms with Gasteiger partial charge in [0.25, 0.3) is 0 Å². The van der Waals surface area contributed by atoms with Gasteiger partial charge in [-0.15, -0.1) is 0 Å². The van der Waals surface area contributed by atoms with Crippen LogP contribution >= 0.6 is 23.2 Å². The first-order valence-electron chi connectivity index (χ1n) is 6.69. The van der Waals surface area contributed by atoms with Crippen LogP contribution in [0.3, 0.4) is 0 Å². The monoisotopic (exact) mass is 489 g/mol. The van der Waals surface area contributed by atoms with Crippen molar-refractivity contribution in [3.63, 3.8) is 0 Å². The Kier molecular flexibility index (Phi) is 6.67. The van der Waals surface area contributed by atoms with E-state index in [2.05, 4.69) is 0 Å². The van der Waals surface area contributed by atoms with E-state index in [9.17, 15) is 57.5 Å². The fourth-order valence-electron chi connectivity index (χ4n) is 1.69. The van der Waals surface area contributed by atoms with Crippen molar-refractivity contribution in [2.24, 2.45) is 0 Å². The van der Waals surface area contributed by atoms with Gasteiger partial charge < -0.3 is 5.32 Å². The Bertz CT molecular complexity index is 763. The number of rotatable bonds is 7. The molecule has 1 rings (SSSR count). The summed E-state index contributed by atoms with van der Waals surface area (Å²) in [5.41, 5.74) is -1.04. The van der Waals surface area contributed by atoms with E-state index in [0.717, 1.165) is 23.5 Å². The number of hydrogen-bond donors (Lipinski definition) is 1. The van der Waals surface area contributed by atoms with Crippen molar-refractivity contribution < 1.29 is 57.5 Å². The van der Waals surface area contributed by atoms with Crippen LogP contribution in [0.15, 0.2) is 18.2 Å². The Morgan fingerprint density at radius 3 is 1.59 bits per heavy atom. The van der Waals surface area contributed by atoms with E-state index >= 15 is 0 Å². The minimum absolute atomic E-state index is 0.689. The lowest BCUT2D eigenvalue weighted by Crippen LogP contribution is -2.70. The van der Waals surface area contributed by atoms with Gasteiger partial charge in [-0.05, 0) is 12.1 Å². The van der Waals surface area contributed by atoms with E-state index in [4.69, 9.17) is 23.2 Å². The standard InChI is InChI=1S/C13H5Cl2F12NO/c14-4-2-1-3-5(15)6(4)28-8(29)10(20,21)12(24,25)13(26,27)11(22,23)9(18,19)7(16)17/h1-3,7H,(H,28,29). The summed E-state index contributed by atoms with van der Waals surface area (Å²) in [7, 11) is 0. The van der Waals surface area contributed by atoms with Gasteiger partial charge in [0.05, 0.1) is 15.7 Å². The number of carbonyl (C=O) groups is 1. The van der Waals surface area contributed by atoms with Crippen LogP contribution in [0.5, 0.6) is 0 Å². The predicted octanol–water partition coefficient (Wildman–Crippen LogP) is 6.37. The molecule has 0 saturated heterocycles.